The molecule has 1 aromatic carbocycles. The summed E-state index contributed by atoms with van der Waals surface area (Å²) < 4.78 is 2.02. The van der Waals surface area contributed by atoms with Crippen LogP contribution in [0.1, 0.15) is 6.42 Å². The van der Waals surface area contributed by atoms with E-state index in [0.717, 1.165) is 11.3 Å². The van der Waals surface area contributed by atoms with E-state index in [1.165, 1.54) is 27.3 Å². The predicted octanol–water partition coefficient (Wildman–Crippen LogP) is 3.50. The van der Waals surface area contributed by atoms with Crippen molar-refractivity contribution in [1.29, 1.82) is 0 Å². The van der Waals surface area contributed by atoms with Gasteiger partial charge in [0.2, 0.25) is 11.8 Å². The SMILES string of the molecule is O=C(CC(=O)Nn1c(-c2ccccc2)csc1=S)Nc1nccs1. The lowest BCUT2D eigenvalue weighted by Gasteiger charge is -2.10. The summed E-state index contributed by atoms with van der Waals surface area (Å²) in [5, 5.41) is 6.64. The molecular weight excluding hydrogens is 364 g/mol. The largest absolute Gasteiger partial charge is 0.302 e. The van der Waals surface area contributed by atoms with Crippen molar-refractivity contribution in [3.63, 3.8) is 0 Å². The third-order valence-electron chi connectivity index (χ3n) is 3.00. The highest BCUT2D eigenvalue weighted by atomic mass is 32.1. The Labute approximate surface area is 150 Å². The predicted molar refractivity (Wildman–Crippen MR) is 98.3 cm³/mol. The van der Waals surface area contributed by atoms with Crippen molar-refractivity contribution < 1.29 is 9.59 Å². The number of hydrogen-bond acceptors (Lipinski definition) is 6. The molecular formula is C15H12N4O2S3. The molecule has 2 aromatic heterocycles. The summed E-state index contributed by atoms with van der Waals surface area (Å²) >= 11 is 7.89. The number of anilines is 1. The zero-order valence-electron chi connectivity index (χ0n) is 12.3. The summed E-state index contributed by atoms with van der Waals surface area (Å²) in [5.41, 5.74) is 4.38. The topological polar surface area (TPSA) is 76.0 Å². The quantitative estimate of drug-likeness (QED) is 0.528. The second-order valence-electron chi connectivity index (χ2n) is 4.69. The lowest BCUT2D eigenvalue weighted by atomic mass is 10.2. The van der Waals surface area contributed by atoms with Gasteiger partial charge in [-0.2, -0.15) is 0 Å². The average Bonchev–Trinajstić information content (AvgIpc) is 3.19. The first-order valence-corrected chi connectivity index (χ1v) is 9.05. The van der Waals surface area contributed by atoms with Crippen LogP contribution in [0, 0.1) is 3.95 Å². The molecule has 24 heavy (non-hydrogen) atoms. The van der Waals surface area contributed by atoms with E-state index in [9.17, 15) is 9.59 Å². The first kappa shape index (κ1) is 16.5. The molecule has 6 nitrogen and oxygen atoms in total. The Morgan fingerprint density at radius 3 is 2.67 bits per heavy atom. The Morgan fingerprint density at radius 2 is 1.96 bits per heavy atom. The molecule has 3 rings (SSSR count). The van der Waals surface area contributed by atoms with Gasteiger partial charge in [0.1, 0.15) is 6.42 Å². The molecule has 0 saturated heterocycles. The van der Waals surface area contributed by atoms with Crippen LogP contribution in [0.5, 0.6) is 0 Å². The summed E-state index contributed by atoms with van der Waals surface area (Å²) in [7, 11) is 0. The molecule has 3 aromatic rings. The molecule has 122 valence electrons. The fraction of sp³-hybridized carbons (Fsp3) is 0.0667. The second-order valence-corrected chi connectivity index (χ2v) is 7.08. The van der Waals surface area contributed by atoms with Crippen molar-refractivity contribution in [3.8, 4) is 11.3 Å². The summed E-state index contributed by atoms with van der Waals surface area (Å²) in [4.78, 5) is 27.9. The van der Waals surface area contributed by atoms with E-state index in [-0.39, 0.29) is 6.42 Å². The number of carbonyl (C=O) groups excluding carboxylic acids is 2. The lowest BCUT2D eigenvalue weighted by Crippen LogP contribution is -2.27. The third kappa shape index (κ3) is 3.94. The van der Waals surface area contributed by atoms with Crippen molar-refractivity contribution in [1.82, 2.24) is 9.66 Å². The molecule has 0 unspecified atom stereocenters. The Morgan fingerprint density at radius 1 is 1.17 bits per heavy atom. The summed E-state index contributed by atoms with van der Waals surface area (Å²) in [6.45, 7) is 0. The highest BCUT2D eigenvalue weighted by molar-refractivity contribution is 7.73. The molecule has 0 spiro atoms. The Kier molecular flexibility index (Phi) is 5.14. The molecule has 0 atom stereocenters. The highest BCUT2D eigenvalue weighted by Crippen LogP contribution is 2.22. The summed E-state index contributed by atoms with van der Waals surface area (Å²) in [5.74, 6) is -0.874. The van der Waals surface area contributed by atoms with Crippen molar-refractivity contribution in [2.75, 3.05) is 10.7 Å². The number of aromatic nitrogens is 2. The molecule has 9 heteroatoms. The maximum atomic E-state index is 12.1. The van der Waals surface area contributed by atoms with Crippen LogP contribution < -0.4 is 10.7 Å². The van der Waals surface area contributed by atoms with Crippen molar-refractivity contribution in [3.05, 3.63) is 51.2 Å². The van der Waals surface area contributed by atoms with Gasteiger partial charge in [-0.3, -0.25) is 15.0 Å². The minimum atomic E-state index is -0.448. The van der Waals surface area contributed by atoms with Gasteiger partial charge in [0.15, 0.2) is 9.09 Å². The van der Waals surface area contributed by atoms with Gasteiger partial charge in [-0.1, -0.05) is 30.3 Å². The van der Waals surface area contributed by atoms with Crippen molar-refractivity contribution in [2.45, 2.75) is 6.42 Å². The van der Waals surface area contributed by atoms with Crippen LogP contribution in [0.15, 0.2) is 47.3 Å². The fourth-order valence-electron chi connectivity index (χ4n) is 1.98. The second kappa shape index (κ2) is 7.47. The van der Waals surface area contributed by atoms with Crippen LogP contribution in [0.25, 0.3) is 11.3 Å². The van der Waals surface area contributed by atoms with Crippen LogP contribution in [0.3, 0.4) is 0 Å². The van der Waals surface area contributed by atoms with E-state index in [1.807, 2.05) is 35.7 Å². The van der Waals surface area contributed by atoms with Crippen LogP contribution in [-0.2, 0) is 9.59 Å². The van der Waals surface area contributed by atoms with E-state index in [0.29, 0.717) is 9.09 Å². The van der Waals surface area contributed by atoms with Crippen molar-refractivity contribution >= 4 is 51.8 Å². The molecule has 0 fully saturated rings. The maximum absolute atomic E-state index is 12.1. The number of nitrogens with zero attached hydrogens (tertiary/aromatic N) is 2. The zero-order valence-corrected chi connectivity index (χ0v) is 14.7. The molecule has 0 aliphatic carbocycles. The standard InChI is InChI=1S/C15H12N4O2S3/c20-12(17-14-16-6-7-23-14)8-13(21)18-19-11(9-24-15(19)22)10-4-2-1-3-5-10/h1-7,9H,8H2,(H,18,21)(H,16,17,20). The minimum Gasteiger partial charge on any atom is -0.302 e. The summed E-state index contributed by atoms with van der Waals surface area (Å²) in [6, 6.07) is 9.58. The monoisotopic (exact) mass is 376 g/mol. The molecule has 2 N–H and O–H groups in total. The molecule has 0 aliphatic rings. The normalized spacial score (nSPS) is 10.3. The van der Waals surface area contributed by atoms with E-state index in [4.69, 9.17) is 12.2 Å². The first-order chi connectivity index (χ1) is 11.6. The number of hydrogen-bond donors (Lipinski definition) is 2. The lowest BCUT2D eigenvalue weighted by molar-refractivity contribution is -0.124. The van der Waals surface area contributed by atoms with Gasteiger partial charge in [0.25, 0.3) is 0 Å². The molecule has 0 radical (unpaired) electrons. The minimum absolute atomic E-state index is 0.314. The molecule has 0 saturated carbocycles. The first-order valence-electron chi connectivity index (χ1n) is 6.88. The van der Waals surface area contributed by atoms with Gasteiger partial charge in [0.05, 0.1) is 5.69 Å². The number of rotatable bonds is 5. The molecule has 0 aliphatic heterocycles. The van der Waals surface area contributed by atoms with E-state index < -0.39 is 11.8 Å². The van der Waals surface area contributed by atoms with Gasteiger partial charge in [-0.05, 0) is 12.2 Å². The van der Waals surface area contributed by atoms with Gasteiger partial charge in [-0.15, -0.1) is 22.7 Å². The fourth-order valence-corrected chi connectivity index (χ4v) is 3.52. The number of benzene rings is 1. The number of amides is 2. The Hall–Kier alpha value is -2.36. The van der Waals surface area contributed by atoms with Crippen LogP contribution in [0.4, 0.5) is 5.13 Å². The molecule has 0 bridgehead atoms. The molecule has 2 amide bonds. The van der Waals surface area contributed by atoms with Gasteiger partial charge in [0, 0.05) is 22.5 Å². The van der Waals surface area contributed by atoms with E-state index >= 15 is 0 Å². The number of thiazole rings is 2. The van der Waals surface area contributed by atoms with Crippen molar-refractivity contribution in [2.24, 2.45) is 0 Å². The van der Waals surface area contributed by atoms with Gasteiger partial charge < -0.3 is 5.32 Å². The maximum Gasteiger partial charge on any atom is 0.248 e. The molecule has 2 heterocycles. The smallest absolute Gasteiger partial charge is 0.248 e. The third-order valence-corrected chi connectivity index (χ3v) is 4.89. The van der Waals surface area contributed by atoms with E-state index in [1.54, 1.807) is 11.6 Å². The summed E-state index contributed by atoms with van der Waals surface area (Å²) in [6.07, 6.45) is 1.27. The van der Waals surface area contributed by atoms with Gasteiger partial charge >= 0.3 is 0 Å². The zero-order chi connectivity index (χ0) is 16.9. The Balaban J connectivity index is 1.70. The Bertz CT molecular complexity index is 900. The van der Waals surface area contributed by atoms with E-state index in [2.05, 4.69) is 15.7 Å². The number of carbonyl (C=O) groups is 2. The number of nitrogens with one attached hydrogen (secondary N) is 2. The van der Waals surface area contributed by atoms with Crippen LogP contribution >= 0.6 is 34.9 Å². The van der Waals surface area contributed by atoms with Crippen LogP contribution in [0.2, 0.25) is 0 Å². The average molecular weight is 376 g/mol. The highest BCUT2D eigenvalue weighted by Gasteiger charge is 2.14. The van der Waals surface area contributed by atoms with Gasteiger partial charge in [-0.25, -0.2) is 9.66 Å². The van der Waals surface area contributed by atoms with Crippen LogP contribution in [-0.4, -0.2) is 21.5 Å².